The third-order valence-electron chi connectivity index (χ3n) is 7.00. The quantitative estimate of drug-likeness (QED) is 0.0861. The van der Waals surface area contributed by atoms with Gasteiger partial charge in [-0.05, 0) is 30.7 Å². The molecule has 0 saturated carbocycles. The molecular formula is C33H61NO5S. The molecule has 1 N–H and O–H groups in total. The van der Waals surface area contributed by atoms with E-state index in [1.165, 1.54) is 114 Å². The number of amides is 1. The fraction of sp³-hybridized carbons (Fsp3) is 0.848. The number of thiophene rings is 1. The second-order valence-electron chi connectivity index (χ2n) is 10.7. The van der Waals surface area contributed by atoms with E-state index in [0.29, 0.717) is 39.6 Å². The number of rotatable bonds is 32. The van der Waals surface area contributed by atoms with Crippen LogP contribution >= 0.6 is 11.3 Å². The Labute approximate surface area is 250 Å². The number of carbonyl (C=O) groups is 1. The van der Waals surface area contributed by atoms with Crippen molar-refractivity contribution in [3.63, 3.8) is 0 Å². The minimum Gasteiger partial charge on any atom is -0.379 e. The molecule has 0 fully saturated rings. The van der Waals surface area contributed by atoms with Crippen molar-refractivity contribution in [2.45, 2.75) is 122 Å². The van der Waals surface area contributed by atoms with Gasteiger partial charge in [0.1, 0.15) is 0 Å². The van der Waals surface area contributed by atoms with Crippen molar-refractivity contribution in [1.29, 1.82) is 0 Å². The van der Waals surface area contributed by atoms with Crippen LogP contribution in [0.4, 0.5) is 0 Å². The molecule has 7 heteroatoms. The summed E-state index contributed by atoms with van der Waals surface area (Å²) in [5.41, 5.74) is 0. The van der Waals surface area contributed by atoms with Gasteiger partial charge in [-0.15, -0.1) is 11.3 Å². The fourth-order valence-electron chi connectivity index (χ4n) is 4.54. The van der Waals surface area contributed by atoms with Gasteiger partial charge in [-0.2, -0.15) is 0 Å². The van der Waals surface area contributed by atoms with Gasteiger partial charge in [0.05, 0.1) is 44.5 Å². The maximum absolute atomic E-state index is 11.8. The van der Waals surface area contributed by atoms with Crippen LogP contribution in [-0.4, -0.2) is 65.3 Å². The monoisotopic (exact) mass is 583 g/mol. The Bertz CT molecular complexity index is 628. The Hall–Kier alpha value is -0.990. The van der Waals surface area contributed by atoms with Crippen LogP contribution in [0.5, 0.6) is 0 Å². The van der Waals surface area contributed by atoms with E-state index in [-0.39, 0.29) is 5.91 Å². The third kappa shape index (κ3) is 25.9. The zero-order chi connectivity index (χ0) is 28.6. The fourth-order valence-corrected chi connectivity index (χ4v) is 5.18. The van der Waals surface area contributed by atoms with E-state index in [2.05, 4.69) is 12.2 Å². The van der Waals surface area contributed by atoms with E-state index in [4.69, 9.17) is 18.9 Å². The maximum atomic E-state index is 11.8. The van der Waals surface area contributed by atoms with Crippen molar-refractivity contribution in [3.8, 4) is 0 Å². The number of carbonyl (C=O) groups excluding carboxylic acids is 1. The molecule has 0 spiro atoms. The molecule has 1 amide bonds. The van der Waals surface area contributed by atoms with Gasteiger partial charge in [0.25, 0.3) is 5.91 Å². The number of ether oxygens (including phenoxy) is 4. The standard InChI is InChI=1S/C33H61NO5S/c1-2-3-4-5-6-12-15-18-23-36-25-27-38-29-30-39-28-26-37-24-19-16-13-10-8-7-9-11-14-17-22-34-33(35)32-21-20-31-40-32/h20-21,31H,2-19,22-30H2,1H3,(H,34,35). The molecule has 0 aliphatic heterocycles. The van der Waals surface area contributed by atoms with Crippen molar-refractivity contribution in [3.05, 3.63) is 22.4 Å². The first-order chi connectivity index (χ1) is 19.8. The van der Waals surface area contributed by atoms with Gasteiger partial charge < -0.3 is 24.3 Å². The summed E-state index contributed by atoms with van der Waals surface area (Å²) >= 11 is 1.50. The molecule has 1 heterocycles. The molecule has 234 valence electrons. The molecule has 0 saturated heterocycles. The van der Waals surface area contributed by atoms with Crippen LogP contribution in [0.3, 0.4) is 0 Å². The van der Waals surface area contributed by atoms with Gasteiger partial charge in [-0.25, -0.2) is 0 Å². The molecular weight excluding hydrogens is 522 g/mol. The Kier molecular flexibility index (Phi) is 28.7. The van der Waals surface area contributed by atoms with Crippen LogP contribution in [0, 0.1) is 0 Å². The molecule has 0 aliphatic rings. The highest BCUT2D eigenvalue weighted by Crippen LogP contribution is 2.11. The summed E-state index contributed by atoms with van der Waals surface area (Å²) in [6, 6.07) is 3.79. The Balaban J connectivity index is 1.63. The summed E-state index contributed by atoms with van der Waals surface area (Å²) < 4.78 is 22.4. The summed E-state index contributed by atoms with van der Waals surface area (Å²) in [6.45, 7) is 8.61. The van der Waals surface area contributed by atoms with Crippen LogP contribution in [0.1, 0.15) is 132 Å². The van der Waals surface area contributed by atoms with Gasteiger partial charge in [0.2, 0.25) is 0 Å². The van der Waals surface area contributed by atoms with Gasteiger partial charge in [-0.3, -0.25) is 4.79 Å². The third-order valence-corrected chi connectivity index (χ3v) is 7.87. The summed E-state index contributed by atoms with van der Waals surface area (Å²) in [4.78, 5) is 12.7. The maximum Gasteiger partial charge on any atom is 0.261 e. The van der Waals surface area contributed by atoms with Crippen LogP contribution < -0.4 is 5.32 Å². The summed E-state index contributed by atoms with van der Waals surface area (Å²) in [5, 5.41) is 4.94. The van der Waals surface area contributed by atoms with Crippen LogP contribution in [0.15, 0.2) is 17.5 Å². The number of nitrogens with one attached hydrogen (secondary N) is 1. The van der Waals surface area contributed by atoms with E-state index in [1.807, 2.05) is 17.5 Å². The van der Waals surface area contributed by atoms with Crippen molar-refractivity contribution >= 4 is 17.2 Å². The zero-order valence-corrected chi connectivity index (χ0v) is 26.6. The number of unbranched alkanes of at least 4 members (excludes halogenated alkanes) is 16. The highest BCUT2D eigenvalue weighted by molar-refractivity contribution is 7.12. The minimum absolute atomic E-state index is 0.0653. The van der Waals surface area contributed by atoms with Crippen molar-refractivity contribution in [2.75, 3.05) is 59.4 Å². The summed E-state index contributed by atoms with van der Waals surface area (Å²) in [7, 11) is 0. The second-order valence-corrected chi connectivity index (χ2v) is 11.6. The van der Waals surface area contributed by atoms with Crippen LogP contribution in [-0.2, 0) is 18.9 Å². The molecule has 1 rings (SSSR count). The molecule has 0 atom stereocenters. The molecule has 0 unspecified atom stereocenters. The molecule has 0 aromatic carbocycles. The number of hydrogen-bond acceptors (Lipinski definition) is 6. The number of hydrogen-bond donors (Lipinski definition) is 1. The van der Waals surface area contributed by atoms with E-state index in [9.17, 15) is 4.79 Å². The van der Waals surface area contributed by atoms with E-state index < -0.39 is 0 Å². The van der Waals surface area contributed by atoms with Gasteiger partial charge in [-0.1, -0.05) is 109 Å². The van der Waals surface area contributed by atoms with E-state index in [0.717, 1.165) is 37.5 Å². The SMILES string of the molecule is CCCCCCCCCCOCCOCCOCCOCCCCCCCCCCCCNC(=O)c1cccs1. The largest absolute Gasteiger partial charge is 0.379 e. The Morgan fingerprint density at radius 2 is 0.975 bits per heavy atom. The highest BCUT2D eigenvalue weighted by Gasteiger charge is 2.04. The lowest BCUT2D eigenvalue weighted by Gasteiger charge is -2.08. The Morgan fingerprint density at radius 3 is 1.40 bits per heavy atom. The zero-order valence-electron chi connectivity index (χ0n) is 25.8. The van der Waals surface area contributed by atoms with Crippen LogP contribution in [0.25, 0.3) is 0 Å². The molecule has 1 aromatic rings. The predicted molar refractivity (Wildman–Crippen MR) is 169 cm³/mol. The molecule has 0 aliphatic carbocycles. The van der Waals surface area contributed by atoms with Gasteiger partial charge >= 0.3 is 0 Å². The van der Waals surface area contributed by atoms with Crippen molar-refractivity contribution in [1.82, 2.24) is 5.32 Å². The van der Waals surface area contributed by atoms with E-state index >= 15 is 0 Å². The van der Waals surface area contributed by atoms with Crippen molar-refractivity contribution in [2.24, 2.45) is 0 Å². The normalized spacial score (nSPS) is 11.3. The molecule has 6 nitrogen and oxygen atoms in total. The minimum atomic E-state index is 0.0653. The first-order valence-corrected chi connectivity index (χ1v) is 17.3. The lowest BCUT2D eigenvalue weighted by molar-refractivity contribution is -0.00248. The smallest absolute Gasteiger partial charge is 0.261 e. The molecule has 0 bridgehead atoms. The average molecular weight is 584 g/mol. The molecule has 0 radical (unpaired) electrons. The Morgan fingerprint density at radius 1 is 0.575 bits per heavy atom. The van der Waals surface area contributed by atoms with Gasteiger partial charge in [0.15, 0.2) is 0 Å². The average Bonchev–Trinajstić information content (AvgIpc) is 3.51. The highest BCUT2D eigenvalue weighted by atomic mass is 32.1. The van der Waals surface area contributed by atoms with Crippen molar-refractivity contribution < 1.29 is 23.7 Å². The lowest BCUT2D eigenvalue weighted by atomic mass is 10.1. The summed E-state index contributed by atoms with van der Waals surface area (Å²) in [5.74, 6) is 0.0653. The molecule has 1 aromatic heterocycles. The lowest BCUT2D eigenvalue weighted by Crippen LogP contribution is -2.23. The predicted octanol–water partition coefficient (Wildman–Crippen LogP) is 8.59. The first-order valence-electron chi connectivity index (χ1n) is 16.5. The summed E-state index contributed by atoms with van der Waals surface area (Å²) in [6.07, 6.45) is 23.2. The molecule has 40 heavy (non-hydrogen) atoms. The van der Waals surface area contributed by atoms with Crippen LogP contribution in [0.2, 0.25) is 0 Å². The second kappa shape index (κ2) is 31.0. The van der Waals surface area contributed by atoms with Gasteiger partial charge in [0, 0.05) is 19.8 Å². The first kappa shape index (κ1) is 37.0. The topological polar surface area (TPSA) is 66.0 Å². The van der Waals surface area contributed by atoms with E-state index in [1.54, 1.807) is 0 Å².